The SMILES string of the molecule is CCNC(C)c1ccc(N(C)C(C)CC#N)cc1Cl. The van der Waals surface area contributed by atoms with E-state index in [4.69, 9.17) is 16.9 Å². The van der Waals surface area contributed by atoms with Crippen LogP contribution < -0.4 is 10.2 Å². The van der Waals surface area contributed by atoms with Crippen molar-refractivity contribution in [1.82, 2.24) is 5.32 Å². The molecule has 0 aliphatic heterocycles. The molecule has 0 saturated heterocycles. The minimum Gasteiger partial charge on any atom is -0.371 e. The number of rotatable bonds is 6. The van der Waals surface area contributed by atoms with Crippen LogP contribution in [0, 0.1) is 11.3 Å². The van der Waals surface area contributed by atoms with Gasteiger partial charge in [0.15, 0.2) is 0 Å². The van der Waals surface area contributed by atoms with Crippen LogP contribution in [0.3, 0.4) is 0 Å². The lowest BCUT2D eigenvalue weighted by atomic mass is 10.1. The summed E-state index contributed by atoms with van der Waals surface area (Å²) < 4.78 is 0. The van der Waals surface area contributed by atoms with Crippen LogP contribution in [0.2, 0.25) is 5.02 Å². The quantitative estimate of drug-likeness (QED) is 0.862. The highest BCUT2D eigenvalue weighted by Gasteiger charge is 2.13. The zero-order valence-electron chi connectivity index (χ0n) is 12.1. The van der Waals surface area contributed by atoms with Gasteiger partial charge >= 0.3 is 0 Å². The molecular weight excluding hydrogens is 258 g/mol. The second-order valence-corrected chi connectivity index (χ2v) is 5.21. The smallest absolute Gasteiger partial charge is 0.0643 e. The second-order valence-electron chi connectivity index (χ2n) is 4.81. The standard InChI is InChI=1S/C15H22ClN3/c1-5-18-12(3)14-7-6-13(10-15(14)16)19(4)11(2)8-9-17/h6-7,10-12,18H,5,8H2,1-4H3. The van der Waals surface area contributed by atoms with Crippen molar-refractivity contribution in [1.29, 1.82) is 5.26 Å². The van der Waals surface area contributed by atoms with Gasteiger partial charge < -0.3 is 10.2 Å². The Bertz CT molecular complexity index is 453. The normalized spacial score (nSPS) is 13.7. The van der Waals surface area contributed by atoms with Crippen LogP contribution in [-0.2, 0) is 0 Å². The Kier molecular flexibility index (Phi) is 6.14. The van der Waals surface area contributed by atoms with E-state index in [9.17, 15) is 0 Å². The molecule has 4 heteroatoms. The van der Waals surface area contributed by atoms with Gasteiger partial charge in [-0.05, 0) is 38.1 Å². The lowest BCUT2D eigenvalue weighted by molar-refractivity contribution is 0.598. The van der Waals surface area contributed by atoms with Gasteiger partial charge in [0, 0.05) is 29.8 Å². The highest BCUT2D eigenvalue weighted by molar-refractivity contribution is 6.31. The van der Waals surface area contributed by atoms with Crippen molar-refractivity contribution < 1.29 is 0 Å². The predicted octanol–water partition coefficient (Wildman–Crippen LogP) is 3.75. The van der Waals surface area contributed by atoms with Crippen molar-refractivity contribution in [3.63, 3.8) is 0 Å². The van der Waals surface area contributed by atoms with Gasteiger partial charge in [-0.25, -0.2) is 0 Å². The van der Waals surface area contributed by atoms with Crippen LogP contribution in [0.5, 0.6) is 0 Å². The summed E-state index contributed by atoms with van der Waals surface area (Å²) in [7, 11) is 1.99. The van der Waals surface area contributed by atoms with E-state index < -0.39 is 0 Å². The van der Waals surface area contributed by atoms with Crippen LogP contribution in [0.1, 0.15) is 38.8 Å². The molecule has 104 valence electrons. The van der Waals surface area contributed by atoms with Gasteiger partial charge in [0.05, 0.1) is 12.5 Å². The van der Waals surface area contributed by atoms with Crippen molar-refractivity contribution in [2.75, 3.05) is 18.5 Å². The lowest BCUT2D eigenvalue weighted by Gasteiger charge is -2.26. The number of hydrogen-bond donors (Lipinski definition) is 1. The zero-order valence-corrected chi connectivity index (χ0v) is 12.8. The number of halogens is 1. The summed E-state index contributed by atoms with van der Waals surface area (Å²) in [6.07, 6.45) is 0.504. The number of nitrogens with zero attached hydrogens (tertiary/aromatic N) is 2. The lowest BCUT2D eigenvalue weighted by Crippen LogP contribution is -2.28. The molecular formula is C15H22ClN3. The Labute approximate surface area is 121 Å². The predicted molar refractivity (Wildman–Crippen MR) is 81.6 cm³/mol. The van der Waals surface area contributed by atoms with Crippen LogP contribution in [-0.4, -0.2) is 19.6 Å². The molecule has 0 saturated carbocycles. The van der Waals surface area contributed by atoms with Gasteiger partial charge in [0.2, 0.25) is 0 Å². The van der Waals surface area contributed by atoms with Crippen LogP contribution >= 0.6 is 11.6 Å². The summed E-state index contributed by atoms with van der Waals surface area (Å²) in [5, 5.41) is 12.9. The summed E-state index contributed by atoms with van der Waals surface area (Å²) in [5.41, 5.74) is 2.15. The maximum Gasteiger partial charge on any atom is 0.0643 e. The number of nitrogens with one attached hydrogen (secondary N) is 1. The largest absolute Gasteiger partial charge is 0.371 e. The molecule has 0 radical (unpaired) electrons. The Balaban J connectivity index is 2.90. The highest BCUT2D eigenvalue weighted by Crippen LogP contribution is 2.28. The third-order valence-corrected chi connectivity index (χ3v) is 3.74. The van der Waals surface area contributed by atoms with Crippen LogP contribution in [0.15, 0.2) is 18.2 Å². The van der Waals surface area contributed by atoms with Crippen molar-refractivity contribution >= 4 is 17.3 Å². The first kappa shape index (κ1) is 15.8. The molecule has 3 nitrogen and oxygen atoms in total. The van der Waals surface area contributed by atoms with Gasteiger partial charge in [-0.15, -0.1) is 0 Å². The summed E-state index contributed by atoms with van der Waals surface area (Å²) in [6, 6.07) is 8.70. The third-order valence-electron chi connectivity index (χ3n) is 3.42. The molecule has 0 amide bonds. The Hall–Kier alpha value is -1.24. The van der Waals surface area contributed by atoms with E-state index in [1.165, 1.54) is 0 Å². The van der Waals surface area contributed by atoms with E-state index in [0.29, 0.717) is 6.42 Å². The van der Waals surface area contributed by atoms with Gasteiger partial charge in [0.25, 0.3) is 0 Å². The fourth-order valence-electron chi connectivity index (χ4n) is 2.03. The van der Waals surface area contributed by atoms with Crippen molar-refractivity contribution in [3.8, 4) is 6.07 Å². The average molecular weight is 280 g/mol. The van der Waals surface area contributed by atoms with Crippen molar-refractivity contribution in [2.24, 2.45) is 0 Å². The molecule has 0 aliphatic carbocycles. The van der Waals surface area contributed by atoms with E-state index in [0.717, 1.165) is 22.8 Å². The minimum absolute atomic E-state index is 0.179. The number of anilines is 1. The summed E-state index contributed by atoms with van der Waals surface area (Å²) in [4.78, 5) is 2.08. The third kappa shape index (κ3) is 4.12. The van der Waals surface area contributed by atoms with Crippen LogP contribution in [0.25, 0.3) is 0 Å². The van der Waals surface area contributed by atoms with E-state index in [1.807, 2.05) is 20.0 Å². The zero-order chi connectivity index (χ0) is 14.4. The molecule has 0 heterocycles. The maximum atomic E-state index is 8.75. The van der Waals surface area contributed by atoms with E-state index in [2.05, 4.69) is 42.3 Å². The Morgan fingerprint density at radius 1 is 1.42 bits per heavy atom. The van der Waals surface area contributed by atoms with Crippen LogP contribution in [0.4, 0.5) is 5.69 Å². The monoisotopic (exact) mass is 279 g/mol. The Morgan fingerprint density at radius 2 is 2.11 bits per heavy atom. The first-order chi connectivity index (χ1) is 9.01. The van der Waals surface area contributed by atoms with Crippen molar-refractivity contribution in [2.45, 2.75) is 39.3 Å². The molecule has 19 heavy (non-hydrogen) atoms. The molecule has 0 aliphatic rings. The van der Waals surface area contributed by atoms with E-state index >= 15 is 0 Å². The number of benzene rings is 1. The maximum absolute atomic E-state index is 8.75. The molecule has 0 bridgehead atoms. The number of hydrogen-bond acceptors (Lipinski definition) is 3. The molecule has 1 rings (SSSR count). The van der Waals surface area contributed by atoms with Gasteiger partial charge in [0.1, 0.15) is 0 Å². The first-order valence-electron chi connectivity index (χ1n) is 6.63. The summed E-state index contributed by atoms with van der Waals surface area (Å²) in [5.74, 6) is 0. The molecule has 1 N–H and O–H groups in total. The molecule has 2 atom stereocenters. The molecule has 1 aromatic carbocycles. The number of nitriles is 1. The topological polar surface area (TPSA) is 39.1 Å². The first-order valence-corrected chi connectivity index (χ1v) is 7.01. The molecule has 1 aromatic rings. The molecule has 0 fully saturated rings. The summed E-state index contributed by atoms with van der Waals surface area (Å²) in [6.45, 7) is 7.13. The van der Waals surface area contributed by atoms with Crippen molar-refractivity contribution in [3.05, 3.63) is 28.8 Å². The van der Waals surface area contributed by atoms with E-state index in [-0.39, 0.29) is 12.1 Å². The van der Waals surface area contributed by atoms with E-state index in [1.54, 1.807) is 0 Å². The molecule has 0 spiro atoms. The Morgan fingerprint density at radius 3 is 2.63 bits per heavy atom. The van der Waals surface area contributed by atoms with Gasteiger partial charge in [-0.1, -0.05) is 24.6 Å². The fraction of sp³-hybridized carbons (Fsp3) is 0.533. The average Bonchev–Trinajstić information content (AvgIpc) is 2.38. The molecule has 2 unspecified atom stereocenters. The fourth-order valence-corrected chi connectivity index (χ4v) is 2.36. The highest BCUT2D eigenvalue weighted by atomic mass is 35.5. The van der Waals surface area contributed by atoms with Gasteiger partial charge in [-0.2, -0.15) is 5.26 Å². The molecule has 0 aromatic heterocycles. The van der Waals surface area contributed by atoms with Gasteiger partial charge in [-0.3, -0.25) is 0 Å². The second kappa shape index (κ2) is 7.37. The minimum atomic E-state index is 0.179. The summed E-state index contributed by atoms with van der Waals surface area (Å²) >= 11 is 6.35.